The molecule has 0 radical (unpaired) electrons. The Balaban J connectivity index is 0.00000240. The Morgan fingerprint density at radius 2 is 2.00 bits per heavy atom. The zero-order valence-electron chi connectivity index (χ0n) is 16.5. The molecule has 1 aromatic heterocycles. The van der Waals surface area contributed by atoms with Gasteiger partial charge in [-0.1, -0.05) is 43.2 Å². The molecule has 0 bridgehead atoms. The van der Waals surface area contributed by atoms with E-state index in [1.54, 1.807) is 7.11 Å². The Hall–Kier alpha value is -2.15. The topological polar surface area (TPSA) is 68.5 Å². The molecule has 0 unspecified atom stereocenters. The smallest absolute Gasteiger partial charge is 0.273 e. The van der Waals surface area contributed by atoms with Crippen LogP contribution in [0.15, 0.2) is 41.8 Å². The van der Waals surface area contributed by atoms with Crippen molar-refractivity contribution < 1.29 is 9.53 Å². The fraction of sp³-hybridized carbons (Fsp3) is 0.364. The van der Waals surface area contributed by atoms with E-state index in [4.69, 9.17) is 10.5 Å². The lowest BCUT2D eigenvalue weighted by atomic mass is 10.0. The average molecular weight is 432 g/mol. The average Bonchev–Trinajstić information content (AvgIpc) is 3.43. The van der Waals surface area contributed by atoms with E-state index >= 15 is 0 Å². The molecule has 5 nitrogen and oxygen atoms in total. The number of hydrogen-bond donors (Lipinski definition) is 1. The normalized spacial score (nSPS) is 14.0. The molecule has 0 aliphatic heterocycles. The molecule has 154 valence electrons. The maximum atomic E-state index is 13.4. The molecular weight excluding hydrogens is 406 g/mol. The van der Waals surface area contributed by atoms with Crippen LogP contribution in [-0.4, -0.2) is 28.9 Å². The van der Waals surface area contributed by atoms with E-state index in [1.807, 2.05) is 28.5 Å². The van der Waals surface area contributed by atoms with Gasteiger partial charge in [0.15, 0.2) is 0 Å². The summed E-state index contributed by atoms with van der Waals surface area (Å²) >= 11 is 1.45. The van der Waals surface area contributed by atoms with Crippen molar-refractivity contribution in [2.45, 2.75) is 44.8 Å². The summed E-state index contributed by atoms with van der Waals surface area (Å²) in [4.78, 5) is 19.8. The molecule has 1 aliphatic rings. The largest absolute Gasteiger partial charge is 0.496 e. The predicted molar refractivity (Wildman–Crippen MR) is 120 cm³/mol. The van der Waals surface area contributed by atoms with E-state index in [2.05, 4.69) is 23.2 Å². The molecule has 1 amide bonds. The number of nitrogens with two attached hydrogens (primary N) is 1. The molecule has 2 N–H and O–H groups in total. The fourth-order valence-electron chi connectivity index (χ4n) is 4.07. The van der Waals surface area contributed by atoms with Gasteiger partial charge in [0, 0.05) is 23.5 Å². The second-order valence-corrected chi connectivity index (χ2v) is 8.11. The molecule has 4 rings (SSSR count). The number of benzene rings is 2. The number of aromatic nitrogens is 1. The number of amides is 1. The summed E-state index contributed by atoms with van der Waals surface area (Å²) in [5.41, 5.74) is 7.24. The summed E-state index contributed by atoms with van der Waals surface area (Å²) in [6.07, 6.45) is 4.39. The van der Waals surface area contributed by atoms with Crippen LogP contribution >= 0.6 is 23.7 Å². The number of carbonyl (C=O) groups is 1. The first-order valence-corrected chi connectivity index (χ1v) is 10.6. The van der Waals surface area contributed by atoms with Crippen molar-refractivity contribution in [3.8, 4) is 5.75 Å². The minimum Gasteiger partial charge on any atom is -0.496 e. The van der Waals surface area contributed by atoms with Crippen LogP contribution in [-0.2, 0) is 13.1 Å². The van der Waals surface area contributed by atoms with Gasteiger partial charge in [0.05, 0.1) is 13.7 Å². The van der Waals surface area contributed by atoms with Gasteiger partial charge in [-0.25, -0.2) is 4.98 Å². The quantitative estimate of drug-likeness (QED) is 0.610. The first-order chi connectivity index (χ1) is 13.7. The van der Waals surface area contributed by atoms with Crippen molar-refractivity contribution in [3.05, 3.63) is 58.0 Å². The number of ether oxygens (including phenoxy) is 1. The van der Waals surface area contributed by atoms with Crippen LogP contribution in [0.3, 0.4) is 0 Å². The van der Waals surface area contributed by atoms with Gasteiger partial charge in [0.1, 0.15) is 16.5 Å². The Morgan fingerprint density at radius 3 is 2.69 bits per heavy atom. The van der Waals surface area contributed by atoms with Gasteiger partial charge < -0.3 is 15.4 Å². The maximum Gasteiger partial charge on any atom is 0.273 e. The summed E-state index contributed by atoms with van der Waals surface area (Å²) in [5.74, 6) is 0.799. The molecule has 1 fully saturated rings. The number of thiazole rings is 1. The van der Waals surface area contributed by atoms with Crippen LogP contribution in [0.1, 0.15) is 46.7 Å². The molecule has 0 atom stereocenters. The predicted octanol–water partition coefficient (Wildman–Crippen LogP) is 4.77. The highest BCUT2D eigenvalue weighted by Gasteiger charge is 2.30. The lowest BCUT2D eigenvalue weighted by molar-refractivity contribution is 0.0658. The zero-order valence-corrected chi connectivity index (χ0v) is 18.1. The number of hydrogen-bond acceptors (Lipinski definition) is 5. The van der Waals surface area contributed by atoms with E-state index in [9.17, 15) is 4.79 Å². The summed E-state index contributed by atoms with van der Waals surface area (Å²) in [5, 5.41) is 4.89. The van der Waals surface area contributed by atoms with Crippen molar-refractivity contribution in [3.63, 3.8) is 0 Å². The first-order valence-electron chi connectivity index (χ1n) is 9.71. The highest BCUT2D eigenvalue weighted by molar-refractivity contribution is 7.09. The van der Waals surface area contributed by atoms with Crippen molar-refractivity contribution >= 4 is 40.4 Å². The minimum atomic E-state index is -0.0159. The van der Waals surface area contributed by atoms with Crippen molar-refractivity contribution in [2.75, 3.05) is 7.11 Å². The van der Waals surface area contributed by atoms with Gasteiger partial charge >= 0.3 is 0 Å². The monoisotopic (exact) mass is 431 g/mol. The summed E-state index contributed by atoms with van der Waals surface area (Å²) < 4.78 is 5.66. The lowest BCUT2D eigenvalue weighted by Crippen LogP contribution is -2.38. The first kappa shape index (κ1) is 21.6. The van der Waals surface area contributed by atoms with E-state index in [1.165, 1.54) is 11.3 Å². The fourth-order valence-corrected chi connectivity index (χ4v) is 4.72. The van der Waals surface area contributed by atoms with Crippen LogP contribution in [0.2, 0.25) is 0 Å². The zero-order chi connectivity index (χ0) is 19.5. The molecule has 1 heterocycles. The molecule has 1 saturated carbocycles. The number of halogens is 1. The third-order valence-corrected chi connectivity index (χ3v) is 6.39. The van der Waals surface area contributed by atoms with E-state index in [0.29, 0.717) is 18.8 Å². The van der Waals surface area contributed by atoms with Crippen LogP contribution < -0.4 is 10.5 Å². The number of carbonyl (C=O) groups excluding carboxylic acids is 1. The molecule has 0 spiro atoms. The number of nitrogens with zero attached hydrogens (tertiary/aromatic N) is 2. The third-order valence-electron chi connectivity index (χ3n) is 5.52. The summed E-state index contributed by atoms with van der Waals surface area (Å²) in [6.45, 7) is 0.877. The Morgan fingerprint density at radius 1 is 1.24 bits per heavy atom. The van der Waals surface area contributed by atoms with Gasteiger partial charge in [-0.05, 0) is 29.7 Å². The molecule has 29 heavy (non-hydrogen) atoms. The standard InChI is InChI=1S/C22H25N3O2S.ClH/c1-27-20-11-10-15-6-2-5-9-17(15)18(20)13-25(16-7-3-4-8-16)22(26)19-14-28-21(12-23)24-19;/h2,5-6,9-11,14,16H,3-4,7-8,12-13,23H2,1H3;1H. The van der Waals surface area contributed by atoms with Crippen LogP contribution in [0.5, 0.6) is 5.75 Å². The Bertz CT molecular complexity index is 985. The second kappa shape index (κ2) is 9.57. The number of fused-ring (bicyclic) bond motifs is 1. The van der Waals surface area contributed by atoms with Crippen molar-refractivity contribution in [1.82, 2.24) is 9.88 Å². The molecule has 1 aliphatic carbocycles. The minimum absolute atomic E-state index is 0. The molecule has 2 aromatic carbocycles. The highest BCUT2D eigenvalue weighted by atomic mass is 35.5. The van der Waals surface area contributed by atoms with E-state index in [-0.39, 0.29) is 24.4 Å². The number of rotatable bonds is 6. The van der Waals surface area contributed by atoms with Gasteiger partial charge in [-0.3, -0.25) is 4.79 Å². The van der Waals surface area contributed by atoms with Crippen molar-refractivity contribution in [1.29, 1.82) is 0 Å². The summed E-state index contributed by atoms with van der Waals surface area (Å²) in [6, 6.07) is 12.5. The maximum absolute atomic E-state index is 13.4. The Labute approximate surface area is 181 Å². The third kappa shape index (κ3) is 4.39. The molecule has 0 saturated heterocycles. The van der Waals surface area contributed by atoms with Crippen LogP contribution in [0, 0.1) is 0 Å². The van der Waals surface area contributed by atoms with E-state index in [0.717, 1.165) is 52.8 Å². The van der Waals surface area contributed by atoms with Crippen molar-refractivity contribution in [2.24, 2.45) is 5.73 Å². The van der Waals surface area contributed by atoms with Crippen LogP contribution in [0.4, 0.5) is 0 Å². The van der Waals surface area contributed by atoms with E-state index < -0.39 is 0 Å². The highest BCUT2D eigenvalue weighted by Crippen LogP contribution is 2.33. The Kier molecular flexibility index (Phi) is 7.11. The van der Waals surface area contributed by atoms with Gasteiger partial charge in [0.25, 0.3) is 5.91 Å². The van der Waals surface area contributed by atoms with Gasteiger partial charge in [-0.15, -0.1) is 23.7 Å². The molecule has 3 aromatic rings. The molecular formula is C22H26ClN3O2S. The lowest BCUT2D eigenvalue weighted by Gasteiger charge is -2.29. The molecule has 7 heteroatoms. The van der Waals surface area contributed by atoms with Gasteiger partial charge in [0.2, 0.25) is 0 Å². The summed E-state index contributed by atoms with van der Waals surface area (Å²) in [7, 11) is 1.68. The second-order valence-electron chi connectivity index (χ2n) is 7.17. The SMILES string of the molecule is COc1ccc2ccccc2c1CN(C(=O)c1csc(CN)n1)C1CCCC1.Cl. The number of methoxy groups -OCH3 is 1. The van der Waals surface area contributed by atoms with Gasteiger partial charge in [-0.2, -0.15) is 0 Å². The van der Waals surface area contributed by atoms with Crippen LogP contribution in [0.25, 0.3) is 10.8 Å².